The van der Waals surface area contributed by atoms with E-state index in [1.807, 2.05) is 6.07 Å². The van der Waals surface area contributed by atoms with Gasteiger partial charge in [0.15, 0.2) is 0 Å². The summed E-state index contributed by atoms with van der Waals surface area (Å²) in [6.45, 7) is 6.86. The van der Waals surface area contributed by atoms with Crippen LogP contribution in [0.3, 0.4) is 0 Å². The number of pyridine rings is 2. The van der Waals surface area contributed by atoms with Crippen LogP contribution in [0.2, 0.25) is 0 Å². The molecule has 0 saturated heterocycles. The zero-order valence-electron chi connectivity index (χ0n) is 14.5. The van der Waals surface area contributed by atoms with E-state index in [9.17, 15) is 9.83 Å². The first-order valence-electron chi connectivity index (χ1n) is 7.81. The van der Waals surface area contributed by atoms with Gasteiger partial charge < -0.3 is 4.52 Å². The third-order valence-electron chi connectivity index (χ3n) is 2.83. The third kappa shape index (κ3) is 5.36. The lowest BCUT2D eigenvalue weighted by Crippen LogP contribution is -2.12. The molecule has 0 aromatic carbocycles. The molecule has 2 rings (SSSR count). The van der Waals surface area contributed by atoms with Crippen LogP contribution in [0.4, 0.5) is 0 Å². The Balaban J connectivity index is 2.42. The summed E-state index contributed by atoms with van der Waals surface area (Å²) < 4.78 is 29.1. The summed E-state index contributed by atoms with van der Waals surface area (Å²) >= 11 is 0. The molecule has 2 heterocycles. The van der Waals surface area contributed by atoms with E-state index in [0.717, 1.165) is 5.56 Å². The molecule has 0 aliphatic carbocycles. The average molecular weight is 361 g/mol. The van der Waals surface area contributed by atoms with Crippen LogP contribution in [-0.2, 0) is 13.6 Å². The minimum absolute atomic E-state index is 0.0959. The fourth-order valence-corrected chi connectivity index (χ4v) is 3.49. The summed E-state index contributed by atoms with van der Waals surface area (Å²) in [7, 11) is -3.93. The van der Waals surface area contributed by atoms with Crippen LogP contribution in [-0.4, -0.2) is 22.2 Å². The minimum atomic E-state index is -3.93. The van der Waals surface area contributed by atoms with Crippen molar-refractivity contribution in [1.82, 2.24) is 9.97 Å². The van der Waals surface area contributed by atoms with Crippen LogP contribution in [0.15, 0.2) is 36.7 Å². The number of aromatic nitrogens is 2. The Morgan fingerprint density at radius 2 is 1.64 bits per heavy atom. The van der Waals surface area contributed by atoms with Crippen molar-refractivity contribution >= 4 is 7.82 Å². The lowest BCUT2D eigenvalue weighted by Gasteiger charge is -2.22. The molecule has 0 aliphatic rings. The van der Waals surface area contributed by atoms with Gasteiger partial charge in [0, 0.05) is 18.0 Å². The highest BCUT2D eigenvalue weighted by Gasteiger charge is 2.33. The number of hydrogen-bond acceptors (Lipinski definition) is 7. The fraction of sp³-hybridized carbons (Fsp3) is 0.353. The first-order chi connectivity index (χ1) is 11.8. The molecule has 25 heavy (non-hydrogen) atoms. The molecule has 0 aliphatic heterocycles. The van der Waals surface area contributed by atoms with Crippen LogP contribution >= 0.6 is 7.82 Å². The summed E-state index contributed by atoms with van der Waals surface area (Å²) in [6.07, 6.45) is 2.48. The zero-order chi connectivity index (χ0) is 18.4. The predicted molar refractivity (Wildman–Crippen MR) is 92.9 cm³/mol. The molecule has 8 heteroatoms. The summed E-state index contributed by atoms with van der Waals surface area (Å²) in [5.41, 5.74) is 1.48. The van der Waals surface area contributed by atoms with E-state index in [1.54, 1.807) is 64.4 Å². The van der Waals surface area contributed by atoms with Crippen molar-refractivity contribution in [2.45, 2.75) is 39.9 Å². The second-order valence-corrected chi connectivity index (χ2v) is 7.24. The first kappa shape index (κ1) is 19.1. The Bertz CT molecular complexity index is 789. The Hall–Kier alpha value is -2.26. The highest BCUT2D eigenvalue weighted by atomic mass is 31.2. The van der Waals surface area contributed by atoms with Crippen LogP contribution in [0.5, 0.6) is 5.88 Å². The SMILES string of the molecule is CC(C)OP(=O)(Oc1nc(-c2ccncc2)ccc1C#N)OC(C)C. The molecule has 0 radical (unpaired) electrons. The van der Waals surface area contributed by atoms with Crippen LogP contribution in [0.25, 0.3) is 11.3 Å². The van der Waals surface area contributed by atoms with Crippen molar-refractivity contribution in [2.24, 2.45) is 0 Å². The predicted octanol–water partition coefficient (Wildman–Crippen LogP) is 4.35. The Labute approximate surface area is 147 Å². The molecule has 2 aromatic heterocycles. The van der Waals surface area contributed by atoms with E-state index in [0.29, 0.717) is 5.69 Å². The number of hydrogen-bond donors (Lipinski definition) is 0. The molecule has 2 aromatic rings. The van der Waals surface area contributed by atoms with Crippen molar-refractivity contribution in [1.29, 1.82) is 5.26 Å². The molecule has 0 saturated carbocycles. The average Bonchev–Trinajstić information content (AvgIpc) is 2.53. The molecule has 0 N–H and O–H groups in total. The van der Waals surface area contributed by atoms with Gasteiger partial charge in [0.25, 0.3) is 0 Å². The normalized spacial score (nSPS) is 11.6. The number of phosphoric acid groups is 1. The van der Waals surface area contributed by atoms with E-state index in [4.69, 9.17) is 13.6 Å². The van der Waals surface area contributed by atoms with Crippen LogP contribution < -0.4 is 4.52 Å². The largest absolute Gasteiger partial charge is 0.531 e. The van der Waals surface area contributed by atoms with Gasteiger partial charge in [-0.1, -0.05) is 0 Å². The van der Waals surface area contributed by atoms with Gasteiger partial charge in [0.1, 0.15) is 11.6 Å². The van der Waals surface area contributed by atoms with Gasteiger partial charge in [-0.25, -0.2) is 9.55 Å². The Morgan fingerprint density at radius 3 is 2.16 bits per heavy atom. The van der Waals surface area contributed by atoms with Gasteiger partial charge in [-0.3, -0.25) is 14.0 Å². The molecule has 0 atom stereocenters. The van der Waals surface area contributed by atoms with Gasteiger partial charge in [-0.15, -0.1) is 0 Å². The molecule has 0 amide bonds. The molecule has 0 bridgehead atoms. The van der Waals surface area contributed by atoms with E-state index >= 15 is 0 Å². The second kappa shape index (κ2) is 8.21. The number of phosphoric ester groups is 1. The molecule has 0 unspecified atom stereocenters. The maximum atomic E-state index is 12.9. The topological polar surface area (TPSA) is 94.3 Å². The minimum Gasteiger partial charge on any atom is -0.384 e. The quantitative estimate of drug-likeness (QED) is 0.677. The maximum absolute atomic E-state index is 12.9. The Morgan fingerprint density at radius 1 is 1.04 bits per heavy atom. The van der Waals surface area contributed by atoms with E-state index < -0.39 is 20.0 Å². The summed E-state index contributed by atoms with van der Waals surface area (Å²) in [6, 6.07) is 8.74. The van der Waals surface area contributed by atoms with Crippen molar-refractivity contribution in [3.05, 3.63) is 42.2 Å². The second-order valence-electron chi connectivity index (χ2n) is 5.74. The lowest BCUT2D eigenvalue weighted by molar-refractivity contribution is 0.102. The van der Waals surface area contributed by atoms with Crippen molar-refractivity contribution in [3.63, 3.8) is 0 Å². The highest BCUT2D eigenvalue weighted by Crippen LogP contribution is 2.51. The summed E-state index contributed by atoms with van der Waals surface area (Å²) in [5, 5.41) is 9.29. The smallest absolute Gasteiger partial charge is 0.384 e. The molecular formula is C17H20N3O4P. The standard InChI is InChI=1S/C17H20N3O4P/c1-12(2)22-25(21,23-13(3)4)24-17-15(11-18)5-6-16(20-17)14-7-9-19-10-8-14/h5-10,12-13H,1-4H3. The molecule has 0 spiro atoms. The molecule has 132 valence electrons. The molecule has 7 nitrogen and oxygen atoms in total. The van der Waals surface area contributed by atoms with Gasteiger partial charge in [0.2, 0.25) is 5.88 Å². The highest BCUT2D eigenvalue weighted by molar-refractivity contribution is 7.49. The fourth-order valence-electron chi connectivity index (χ4n) is 1.97. The number of nitrogens with zero attached hydrogens (tertiary/aromatic N) is 3. The first-order valence-corrected chi connectivity index (χ1v) is 9.27. The molecular weight excluding hydrogens is 341 g/mol. The zero-order valence-corrected chi connectivity index (χ0v) is 15.4. The Kier molecular flexibility index (Phi) is 6.27. The van der Waals surface area contributed by atoms with Crippen LogP contribution in [0.1, 0.15) is 33.3 Å². The van der Waals surface area contributed by atoms with Crippen molar-refractivity contribution in [2.75, 3.05) is 0 Å². The lowest BCUT2D eigenvalue weighted by atomic mass is 10.1. The monoisotopic (exact) mass is 361 g/mol. The number of nitriles is 1. The van der Waals surface area contributed by atoms with Crippen molar-refractivity contribution < 1.29 is 18.1 Å². The summed E-state index contributed by atoms with van der Waals surface area (Å²) in [4.78, 5) is 8.26. The van der Waals surface area contributed by atoms with E-state index in [-0.39, 0.29) is 11.4 Å². The number of rotatable bonds is 7. The van der Waals surface area contributed by atoms with E-state index in [2.05, 4.69) is 9.97 Å². The van der Waals surface area contributed by atoms with Crippen LogP contribution in [0, 0.1) is 11.3 Å². The van der Waals surface area contributed by atoms with Gasteiger partial charge >= 0.3 is 7.82 Å². The van der Waals surface area contributed by atoms with Gasteiger partial charge in [-0.05, 0) is 52.0 Å². The molecule has 0 fully saturated rings. The summed E-state index contributed by atoms with van der Waals surface area (Å²) in [5.74, 6) is -0.0959. The van der Waals surface area contributed by atoms with Gasteiger partial charge in [0.05, 0.1) is 17.9 Å². The third-order valence-corrected chi connectivity index (χ3v) is 4.59. The van der Waals surface area contributed by atoms with E-state index in [1.165, 1.54) is 0 Å². The maximum Gasteiger partial charge on any atom is 0.531 e. The van der Waals surface area contributed by atoms with Crippen molar-refractivity contribution in [3.8, 4) is 23.2 Å². The van der Waals surface area contributed by atoms with Gasteiger partial charge in [-0.2, -0.15) is 5.26 Å².